The van der Waals surface area contributed by atoms with Crippen LogP contribution in [-0.2, 0) is 28.6 Å². The smallest absolute Gasteiger partial charge is 0.336 e. The normalized spacial score (nSPS) is 20.2. The van der Waals surface area contributed by atoms with Gasteiger partial charge >= 0.3 is 17.9 Å². The monoisotopic (exact) mass is 435 g/mol. The van der Waals surface area contributed by atoms with Gasteiger partial charge in [-0.05, 0) is 0 Å². The summed E-state index contributed by atoms with van der Waals surface area (Å²) >= 11 is 0. The summed E-state index contributed by atoms with van der Waals surface area (Å²) in [6.07, 6.45) is -3.96. The van der Waals surface area contributed by atoms with Gasteiger partial charge in [-0.1, -0.05) is 0 Å². The number of β-amino-alcohol motifs (C(OH)–C–C–N with tert-alkyl or cyclic N) is 3. The quantitative estimate of drug-likeness (QED) is 0.244. The van der Waals surface area contributed by atoms with Crippen LogP contribution < -0.4 is 0 Å². The number of aliphatic hydroxyl groups is 3. The van der Waals surface area contributed by atoms with Gasteiger partial charge in [0, 0.05) is 58.9 Å². The Labute approximate surface area is 175 Å². The molecule has 0 unspecified atom stereocenters. The van der Waals surface area contributed by atoms with E-state index in [9.17, 15) is 29.7 Å². The van der Waals surface area contributed by atoms with Crippen molar-refractivity contribution in [3.8, 4) is 0 Å². The molecule has 1 aliphatic rings. The zero-order valence-corrected chi connectivity index (χ0v) is 17.7. The molecule has 0 radical (unpaired) electrons. The fourth-order valence-corrected chi connectivity index (χ4v) is 3.10. The summed E-state index contributed by atoms with van der Waals surface area (Å²) in [5.74, 6) is -2.23. The molecule has 12 nitrogen and oxygen atoms in total. The van der Waals surface area contributed by atoms with Crippen LogP contribution in [0, 0.1) is 0 Å². The maximum absolute atomic E-state index is 11.6. The van der Waals surface area contributed by atoms with E-state index in [-0.39, 0.29) is 19.6 Å². The molecule has 1 heterocycles. The highest BCUT2D eigenvalue weighted by atomic mass is 16.5. The highest BCUT2D eigenvalue weighted by Crippen LogP contribution is 2.05. The zero-order valence-electron chi connectivity index (χ0n) is 17.7. The van der Waals surface area contributed by atoms with Crippen molar-refractivity contribution >= 4 is 17.9 Å². The lowest BCUT2D eigenvalue weighted by Gasteiger charge is -2.27. The molecule has 3 N–H and O–H groups in total. The van der Waals surface area contributed by atoms with Gasteiger partial charge < -0.3 is 29.5 Å². The Balaban J connectivity index is 2.85. The second-order valence-electron chi connectivity index (χ2n) is 7.02. The van der Waals surface area contributed by atoms with Crippen LogP contribution in [0.5, 0.6) is 0 Å². The van der Waals surface area contributed by atoms with Crippen LogP contribution in [0.15, 0.2) is 0 Å². The molecule has 0 aromatic heterocycles. The first-order chi connectivity index (χ1) is 14.2. The molecule has 0 aliphatic carbocycles. The molecule has 1 rings (SSSR count). The molecule has 0 saturated carbocycles. The number of methoxy groups -OCH3 is 3. The van der Waals surface area contributed by atoms with Gasteiger partial charge in [-0.25, -0.2) is 14.4 Å². The first-order valence-corrected chi connectivity index (χ1v) is 9.66. The van der Waals surface area contributed by atoms with Crippen LogP contribution in [0.1, 0.15) is 0 Å². The molecule has 3 atom stereocenters. The molecule has 1 saturated heterocycles. The molecule has 0 aromatic rings. The van der Waals surface area contributed by atoms with Crippen molar-refractivity contribution in [2.75, 3.05) is 80.2 Å². The number of carbonyl (C=O) groups is 3. The predicted octanol–water partition coefficient (Wildman–Crippen LogP) is -3.49. The van der Waals surface area contributed by atoms with Crippen LogP contribution in [0.3, 0.4) is 0 Å². The number of ether oxygens (including phenoxy) is 3. The molecule has 1 aliphatic heterocycles. The maximum Gasteiger partial charge on any atom is 0.336 e. The molecule has 0 aromatic carbocycles. The van der Waals surface area contributed by atoms with Crippen LogP contribution in [0.2, 0.25) is 0 Å². The van der Waals surface area contributed by atoms with Gasteiger partial charge in [0.05, 0.1) is 21.3 Å². The molecule has 30 heavy (non-hydrogen) atoms. The molecule has 1 fully saturated rings. The van der Waals surface area contributed by atoms with E-state index in [0.717, 1.165) is 0 Å². The summed E-state index contributed by atoms with van der Waals surface area (Å²) in [7, 11) is 3.57. The van der Waals surface area contributed by atoms with E-state index in [2.05, 4.69) is 14.2 Å². The van der Waals surface area contributed by atoms with Gasteiger partial charge in [0.25, 0.3) is 0 Å². The molecule has 12 heteroatoms. The molecule has 174 valence electrons. The summed E-state index contributed by atoms with van der Waals surface area (Å²) in [6.45, 7) is 2.83. The summed E-state index contributed by atoms with van der Waals surface area (Å²) < 4.78 is 13.7. The van der Waals surface area contributed by atoms with Crippen molar-refractivity contribution in [2.24, 2.45) is 0 Å². The van der Waals surface area contributed by atoms with E-state index in [1.165, 1.54) is 21.3 Å². The first-order valence-electron chi connectivity index (χ1n) is 9.66. The third-order valence-electron chi connectivity index (χ3n) is 4.91. The molecule has 0 amide bonds. The number of hydrogen-bond donors (Lipinski definition) is 3. The molecular weight excluding hydrogens is 402 g/mol. The van der Waals surface area contributed by atoms with Crippen LogP contribution in [0.25, 0.3) is 0 Å². The minimum atomic E-state index is -1.32. The van der Waals surface area contributed by atoms with Crippen molar-refractivity contribution in [1.82, 2.24) is 14.7 Å². The van der Waals surface area contributed by atoms with Gasteiger partial charge in [-0.3, -0.25) is 14.7 Å². The van der Waals surface area contributed by atoms with E-state index < -0.39 is 36.2 Å². The van der Waals surface area contributed by atoms with E-state index in [1.807, 2.05) is 14.7 Å². The standard InChI is InChI=1S/C18H33N3O9/c1-28-16(25)13(22)10-19-4-6-20(11-14(23)17(26)29-2)8-9-21(7-5-19)12-15(24)18(27)30-3/h13-15,22-24H,4-12H2,1-3H3/t13-,14-,15-/m1/s1. The molecule has 0 spiro atoms. The van der Waals surface area contributed by atoms with Crippen LogP contribution >= 0.6 is 0 Å². The first kappa shape index (κ1) is 26.2. The number of nitrogens with zero attached hydrogens (tertiary/aromatic N) is 3. The fourth-order valence-electron chi connectivity index (χ4n) is 3.10. The fraction of sp³-hybridized carbons (Fsp3) is 0.833. The number of rotatable bonds is 9. The number of hydrogen-bond acceptors (Lipinski definition) is 12. The Morgan fingerprint density at radius 1 is 0.600 bits per heavy atom. The summed E-state index contributed by atoms with van der Waals surface area (Å²) in [5, 5.41) is 30.0. The zero-order chi connectivity index (χ0) is 22.7. The average Bonchev–Trinajstić information content (AvgIpc) is 2.83. The van der Waals surface area contributed by atoms with Gasteiger partial charge in [-0.2, -0.15) is 0 Å². The summed E-state index contributed by atoms with van der Waals surface area (Å²) in [5.41, 5.74) is 0. The largest absolute Gasteiger partial charge is 0.467 e. The predicted molar refractivity (Wildman–Crippen MR) is 103 cm³/mol. The van der Waals surface area contributed by atoms with Crippen molar-refractivity contribution in [1.29, 1.82) is 0 Å². The van der Waals surface area contributed by atoms with Gasteiger partial charge in [-0.15, -0.1) is 0 Å². The van der Waals surface area contributed by atoms with E-state index in [4.69, 9.17) is 0 Å². The number of esters is 3. The molecular formula is C18H33N3O9. The van der Waals surface area contributed by atoms with Crippen LogP contribution in [0.4, 0.5) is 0 Å². The second kappa shape index (κ2) is 13.5. The Bertz CT molecular complexity index is 475. The van der Waals surface area contributed by atoms with Gasteiger partial charge in [0.2, 0.25) is 0 Å². The summed E-state index contributed by atoms with van der Waals surface area (Å²) in [6, 6.07) is 0. The number of aliphatic hydroxyl groups excluding tert-OH is 3. The lowest BCUT2D eigenvalue weighted by Crippen LogP contribution is -2.44. The van der Waals surface area contributed by atoms with E-state index in [1.54, 1.807) is 0 Å². The molecule has 0 bridgehead atoms. The minimum Gasteiger partial charge on any atom is -0.467 e. The lowest BCUT2D eigenvalue weighted by atomic mass is 10.3. The van der Waals surface area contributed by atoms with E-state index in [0.29, 0.717) is 39.3 Å². The third-order valence-corrected chi connectivity index (χ3v) is 4.91. The van der Waals surface area contributed by atoms with Gasteiger partial charge in [0.15, 0.2) is 18.3 Å². The second-order valence-corrected chi connectivity index (χ2v) is 7.02. The lowest BCUT2D eigenvalue weighted by molar-refractivity contribution is -0.152. The Morgan fingerprint density at radius 2 is 0.800 bits per heavy atom. The van der Waals surface area contributed by atoms with E-state index >= 15 is 0 Å². The topological polar surface area (TPSA) is 149 Å². The number of carbonyl (C=O) groups excluding carboxylic acids is 3. The highest BCUT2D eigenvalue weighted by molar-refractivity contribution is 5.75. The highest BCUT2D eigenvalue weighted by Gasteiger charge is 2.26. The Hall–Kier alpha value is -1.83. The SMILES string of the molecule is COC(=O)[C@H](O)CN1CCN(C[C@@H](O)C(=O)OC)CCN(C[C@@H](O)C(=O)OC)CC1. The van der Waals surface area contributed by atoms with Crippen molar-refractivity contribution in [3.05, 3.63) is 0 Å². The maximum atomic E-state index is 11.6. The minimum absolute atomic E-state index is 0.0352. The summed E-state index contributed by atoms with van der Waals surface area (Å²) in [4.78, 5) is 40.2. The third kappa shape index (κ3) is 8.90. The van der Waals surface area contributed by atoms with Crippen LogP contribution in [-0.4, -0.2) is 146 Å². The van der Waals surface area contributed by atoms with Crippen molar-refractivity contribution < 1.29 is 43.9 Å². The average molecular weight is 435 g/mol. The Morgan fingerprint density at radius 3 is 0.967 bits per heavy atom. The van der Waals surface area contributed by atoms with Crippen molar-refractivity contribution in [3.63, 3.8) is 0 Å². The van der Waals surface area contributed by atoms with Crippen molar-refractivity contribution in [2.45, 2.75) is 18.3 Å². The Kier molecular flexibility index (Phi) is 11.8. The van der Waals surface area contributed by atoms with Gasteiger partial charge in [0.1, 0.15) is 0 Å².